The van der Waals surface area contributed by atoms with Crippen molar-refractivity contribution in [3.63, 3.8) is 0 Å². The van der Waals surface area contributed by atoms with Crippen molar-refractivity contribution < 1.29 is 24.2 Å². The number of carbonyl (C=O) groups excluding carboxylic acids is 2. The molecular formula is C24H25N3O5. The van der Waals surface area contributed by atoms with Gasteiger partial charge >= 0.3 is 12.1 Å². The van der Waals surface area contributed by atoms with Crippen LogP contribution in [-0.2, 0) is 14.3 Å². The highest BCUT2D eigenvalue weighted by atomic mass is 16.5. The van der Waals surface area contributed by atoms with Crippen molar-refractivity contribution >= 4 is 18.0 Å². The molecule has 0 heterocycles. The van der Waals surface area contributed by atoms with Gasteiger partial charge in [-0.15, -0.1) is 0 Å². The zero-order valence-electron chi connectivity index (χ0n) is 17.7. The van der Waals surface area contributed by atoms with Crippen LogP contribution in [0.3, 0.4) is 0 Å². The Morgan fingerprint density at radius 1 is 1.06 bits per heavy atom. The van der Waals surface area contributed by atoms with Gasteiger partial charge in [0.05, 0.1) is 18.9 Å². The molecule has 0 bridgehead atoms. The lowest BCUT2D eigenvalue weighted by molar-refractivity contribution is -0.140. The largest absolute Gasteiger partial charge is 0.481 e. The Morgan fingerprint density at radius 2 is 1.66 bits per heavy atom. The van der Waals surface area contributed by atoms with Crippen LogP contribution in [0.2, 0.25) is 0 Å². The molecule has 2 aromatic rings. The number of hydrogen-bond acceptors (Lipinski definition) is 5. The average Bonchev–Trinajstić information content (AvgIpc) is 3.10. The van der Waals surface area contributed by atoms with Crippen LogP contribution < -0.4 is 10.6 Å². The molecule has 0 aliphatic heterocycles. The van der Waals surface area contributed by atoms with Crippen molar-refractivity contribution in [1.29, 1.82) is 5.26 Å². The molecule has 1 aliphatic carbocycles. The highest BCUT2D eigenvalue weighted by molar-refractivity contribution is 5.89. The van der Waals surface area contributed by atoms with Crippen LogP contribution in [0, 0.1) is 11.3 Å². The summed E-state index contributed by atoms with van der Waals surface area (Å²) in [7, 11) is 0. The number of amides is 2. The van der Waals surface area contributed by atoms with E-state index in [1.807, 2.05) is 54.6 Å². The molecule has 3 rings (SSSR count). The third-order valence-corrected chi connectivity index (χ3v) is 5.51. The first-order valence-electron chi connectivity index (χ1n) is 10.4. The minimum Gasteiger partial charge on any atom is -0.481 e. The van der Waals surface area contributed by atoms with Crippen LogP contribution in [0.25, 0.3) is 11.1 Å². The van der Waals surface area contributed by atoms with Gasteiger partial charge in [-0.2, -0.15) is 5.26 Å². The molecule has 0 saturated carbocycles. The number of alkyl carbamates (subject to hydrolysis) is 1. The number of nitriles is 1. The van der Waals surface area contributed by atoms with E-state index >= 15 is 0 Å². The molecule has 2 aromatic carbocycles. The van der Waals surface area contributed by atoms with E-state index in [-0.39, 0.29) is 18.9 Å². The van der Waals surface area contributed by atoms with Gasteiger partial charge in [0.2, 0.25) is 5.91 Å². The van der Waals surface area contributed by atoms with Crippen molar-refractivity contribution in [2.24, 2.45) is 0 Å². The molecule has 3 N–H and O–H groups in total. The van der Waals surface area contributed by atoms with Crippen LogP contribution >= 0.6 is 0 Å². The summed E-state index contributed by atoms with van der Waals surface area (Å²) < 4.78 is 5.41. The van der Waals surface area contributed by atoms with E-state index in [1.54, 1.807) is 6.92 Å². The van der Waals surface area contributed by atoms with E-state index in [1.165, 1.54) is 0 Å². The van der Waals surface area contributed by atoms with Crippen LogP contribution in [0.5, 0.6) is 0 Å². The lowest BCUT2D eigenvalue weighted by Gasteiger charge is -2.21. The number of nitrogens with zero attached hydrogens (tertiary/aromatic N) is 1. The van der Waals surface area contributed by atoms with Gasteiger partial charge in [-0.05, 0) is 28.7 Å². The summed E-state index contributed by atoms with van der Waals surface area (Å²) >= 11 is 0. The molecule has 2 unspecified atom stereocenters. The summed E-state index contributed by atoms with van der Waals surface area (Å²) in [6.45, 7) is 1.85. The number of hydrogen-bond donors (Lipinski definition) is 3. The molecular weight excluding hydrogens is 410 g/mol. The molecule has 1 aliphatic rings. The Morgan fingerprint density at radius 3 is 2.19 bits per heavy atom. The molecule has 0 saturated heterocycles. The van der Waals surface area contributed by atoms with Crippen LogP contribution in [0.1, 0.15) is 43.2 Å². The normalized spacial score (nSPS) is 13.8. The van der Waals surface area contributed by atoms with E-state index in [0.29, 0.717) is 6.42 Å². The number of carboxylic acid groups (broad SMARTS) is 1. The third kappa shape index (κ3) is 5.24. The van der Waals surface area contributed by atoms with Gasteiger partial charge in [-0.3, -0.25) is 9.59 Å². The van der Waals surface area contributed by atoms with Gasteiger partial charge in [0.15, 0.2) is 0 Å². The fourth-order valence-corrected chi connectivity index (χ4v) is 3.88. The second-order valence-corrected chi connectivity index (χ2v) is 7.60. The van der Waals surface area contributed by atoms with Crippen molar-refractivity contribution in [3.05, 3.63) is 59.7 Å². The maximum absolute atomic E-state index is 12.5. The Labute approximate surface area is 186 Å². The number of carboxylic acids is 1. The molecule has 0 aromatic heterocycles. The minimum absolute atomic E-state index is 0.0489. The molecule has 8 heteroatoms. The van der Waals surface area contributed by atoms with Gasteiger partial charge in [0, 0.05) is 12.0 Å². The van der Waals surface area contributed by atoms with Gasteiger partial charge in [-0.1, -0.05) is 55.5 Å². The summed E-state index contributed by atoms with van der Waals surface area (Å²) in [5.74, 6) is -2.06. The fourth-order valence-electron chi connectivity index (χ4n) is 3.88. The first-order chi connectivity index (χ1) is 15.4. The number of ether oxygens (including phenoxy) is 1. The predicted molar refractivity (Wildman–Crippen MR) is 117 cm³/mol. The van der Waals surface area contributed by atoms with Crippen LogP contribution in [-0.4, -0.2) is 41.8 Å². The Hall–Kier alpha value is -3.86. The zero-order chi connectivity index (χ0) is 23.1. The lowest BCUT2D eigenvalue weighted by atomic mass is 9.98. The summed E-state index contributed by atoms with van der Waals surface area (Å²) in [5, 5.41) is 22.9. The Bertz CT molecular complexity index is 1000. The van der Waals surface area contributed by atoms with E-state index in [9.17, 15) is 14.4 Å². The third-order valence-electron chi connectivity index (χ3n) is 5.51. The molecule has 32 heavy (non-hydrogen) atoms. The van der Waals surface area contributed by atoms with Crippen molar-refractivity contribution in [2.45, 2.75) is 44.2 Å². The second-order valence-electron chi connectivity index (χ2n) is 7.60. The van der Waals surface area contributed by atoms with Gasteiger partial charge < -0.3 is 20.5 Å². The monoisotopic (exact) mass is 435 g/mol. The van der Waals surface area contributed by atoms with Crippen molar-refractivity contribution in [3.8, 4) is 17.2 Å². The molecule has 2 atom stereocenters. The van der Waals surface area contributed by atoms with E-state index in [4.69, 9.17) is 15.1 Å². The summed E-state index contributed by atoms with van der Waals surface area (Å²) in [5.41, 5.74) is 4.26. The number of carbonyl (C=O) groups is 3. The lowest BCUT2D eigenvalue weighted by Crippen LogP contribution is -2.50. The maximum Gasteiger partial charge on any atom is 0.407 e. The average molecular weight is 435 g/mol. The number of nitrogens with one attached hydrogen (secondary N) is 2. The van der Waals surface area contributed by atoms with Gasteiger partial charge in [0.25, 0.3) is 0 Å². The van der Waals surface area contributed by atoms with E-state index in [0.717, 1.165) is 22.3 Å². The van der Waals surface area contributed by atoms with Gasteiger partial charge in [-0.25, -0.2) is 4.79 Å². The van der Waals surface area contributed by atoms with Crippen LogP contribution in [0.4, 0.5) is 4.79 Å². The quantitative estimate of drug-likeness (QED) is 0.555. The smallest absolute Gasteiger partial charge is 0.407 e. The Kier molecular flexibility index (Phi) is 7.45. The molecule has 2 amide bonds. The molecule has 0 spiro atoms. The SMILES string of the molecule is CCC(CC#N)NC(=O)C(CC(=O)O)NC(=O)OCC1c2ccccc2-c2ccccc21. The zero-order valence-corrected chi connectivity index (χ0v) is 17.7. The van der Waals surface area contributed by atoms with Crippen molar-refractivity contribution in [2.75, 3.05) is 6.61 Å². The van der Waals surface area contributed by atoms with E-state index in [2.05, 4.69) is 10.6 Å². The highest BCUT2D eigenvalue weighted by Crippen LogP contribution is 2.44. The van der Waals surface area contributed by atoms with Crippen LogP contribution in [0.15, 0.2) is 48.5 Å². The second kappa shape index (κ2) is 10.4. The summed E-state index contributed by atoms with van der Waals surface area (Å²) in [6.07, 6.45) is -0.877. The summed E-state index contributed by atoms with van der Waals surface area (Å²) in [4.78, 5) is 36.1. The molecule has 166 valence electrons. The maximum atomic E-state index is 12.5. The number of rotatable bonds is 9. The highest BCUT2D eigenvalue weighted by Gasteiger charge is 2.30. The molecule has 0 radical (unpaired) electrons. The first kappa shape index (κ1) is 22.8. The number of aliphatic carboxylic acids is 1. The van der Waals surface area contributed by atoms with Gasteiger partial charge in [0.1, 0.15) is 12.6 Å². The van der Waals surface area contributed by atoms with E-state index < -0.39 is 36.5 Å². The minimum atomic E-state index is -1.31. The molecule has 0 fully saturated rings. The summed E-state index contributed by atoms with van der Waals surface area (Å²) in [6, 6.07) is 16.0. The topological polar surface area (TPSA) is 129 Å². The standard InChI is InChI=1S/C24H25N3O5/c1-2-15(11-12-25)26-23(30)21(13-22(28)29)27-24(31)32-14-20-18-9-5-3-7-16(18)17-8-4-6-10-19(17)20/h3-10,15,20-21H,2,11,13-14H2,1H3,(H,26,30)(H,27,31)(H,28,29). The predicted octanol–water partition coefficient (Wildman–Crippen LogP) is 3.18. The fraction of sp³-hybridized carbons (Fsp3) is 0.333. The number of fused-ring (bicyclic) bond motifs is 3. The first-order valence-corrected chi connectivity index (χ1v) is 10.4. The Balaban J connectivity index is 1.66. The number of benzene rings is 2. The molecule has 8 nitrogen and oxygen atoms in total. The van der Waals surface area contributed by atoms with Crippen molar-refractivity contribution in [1.82, 2.24) is 10.6 Å².